The van der Waals surface area contributed by atoms with Gasteiger partial charge in [0, 0.05) is 17.8 Å². The molecular weight excluding hydrogens is 252 g/mol. The topological polar surface area (TPSA) is 55.6 Å². The van der Waals surface area contributed by atoms with Gasteiger partial charge in [0.05, 0.1) is 12.8 Å². The molecule has 0 unspecified atom stereocenters. The zero-order valence-corrected chi connectivity index (χ0v) is 11.7. The third-order valence-electron chi connectivity index (χ3n) is 3.11. The van der Waals surface area contributed by atoms with Crippen LogP contribution in [0.1, 0.15) is 17.3 Å². The summed E-state index contributed by atoms with van der Waals surface area (Å²) in [5.41, 5.74) is 7.72. The Bertz CT molecular complexity index is 597. The van der Waals surface area contributed by atoms with Crippen LogP contribution in [0.25, 0.3) is 0 Å². The minimum absolute atomic E-state index is 0.0722. The van der Waals surface area contributed by atoms with E-state index in [2.05, 4.69) is 0 Å². The van der Waals surface area contributed by atoms with Crippen molar-refractivity contribution in [3.63, 3.8) is 0 Å². The lowest BCUT2D eigenvalue weighted by atomic mass is 10.1. The van der Waals surface area contributed by atoms with Gasteiger partial charge in [0.15, 0.2) is 0 Å². The molecule has 104 valence electrons. The molecule has 0 aromatic heterocycles. The van der Waals surface area contributed by atoms with Crippen LogP contribution in [0, 0.1) is 0 Å². The molecule has 0 bridgehead atoms. The molecule has 0 saturated heterocycles. The van der Waals surface area contributed by atoms with Crippen molar-refractivity contribution in [2.24, 2.45) is 0 Å². The number of ether oxygens (including phenoxy) is 1. The van der Waals surface area contributed by atoms with E-state index in [1.807, 2.05) is 37.3 Å². The average Bonchev–Trinajstić information content (AvgIpc) is 2.49. The fourth-order valence-corrected chi connectivity index (χ4v) is 2.05. The lowest BCUT2D eigenvalue weighted by Gasteiger charge is -2.21. The highest BCUT2D eigenvalue weighted by atomic mass is 16.5. The van der Waals surface area contributed by atoms with Crippen LogP contribution in [0.15, 0.2) is 48.5 Å². The summed E-state index contributed by atoms with van der Waals surface area (Å²) >= 11 is 0. The Hall–Kier alpha value is -2.49. The number of anilines is 2. The van der Waals surface area contributed by atoms with Gasteiger partial charge in [-0.2, -0.15) is 0 Å². The van der Waals surface area contributed by atoms with Crippen LogP contribution in [-0.4, -0.2) is 19.6 Å². The lowest BCUT2D eigenvalue weighted by Crippen LogP contribution is -2.30. The third kappa shape index (κ3) is 2.74. The Morgan fingerprint density at radius 2 is 1.90 bits per heavy atom. The summed E-state index contributed by atoms with van der Waals surface area (Å²) in [4.78, 5) is 14.3. The number of amides is 1. The number of hydrogen-bond donors (Lipinski definition) is 1. The van der Waals surface area contributed by atoms with Gasteiger partial charge in [-0.3, -0.25) is 4.79 Å². The van der Waals surface area contributed by atoms with Crippen molar-refractivity contribution >= 4 is 17.3 Å². The number of methoxy groups -OCH3 is 1. The summed E-state index contributed by atoms with van der Waals surface area (Å²) < 4.78 is 5.16. The highest BCUT2D eigenvalue weighted by Crippen LogP contribution is 2.24. The number of para-hydroxylation sites is 1. The first kappa shape index (κ1) is 13.9. The molecule has 0 aliphatic heterocycles. The second kappa shape index (κ2) is 6.10. The summed E-state index contributed by atoms with van der Waals surface area (Å²) in [7, 11) is 1.54. The second-order valence-electron chi connectivity index (χ2n) is 4.34. The molecular formula is C16H18N2O2. The number of carbonyl (C=O) groups excluding carboxylic acids is 1. The Kier molecular flexibility index (Phi) is 4.25. The fraction of sp³-hybridized carbons (Fsp3) is 0.188. The molecule has 4 heteroatoms. The molecule has 0 spiro atoms. The van der Waals surface area contributed by atoms with Gasteiger partial charge in [-0.1, -0.05) is 18.2 Å². The fourth-order valence-electron chi connectivity index (χ4n) is 2.05. The number of carbonyl (C=O) groups is 1. The largest absolute Gasteiger partial charge is 0.495 e. The van der Waals surface area contributed by atoms with E-state index in [9.17, 15) is 4.79 Å². The number of hydrogen-bond acceptors (Lipinski definition) is 3. The zero-order valence-electron chi connectivity index (χ0n) is 11.7. The van der Waals surface area contributed by atoms with Crippen molar-refractivity contribution in [3.05, 3.63) is 54.1 Å². The highest BCUT2D eigenvalue weighted by molar-refractivity contribution is 6.06. The first-order chi connectivity index (χ1) is 9.67. The van der Waals surface area contributed by atoms with Gasteiger partial charge in [0.25, 0.3) is 5.91 Å². The van der Waals surface area contributed by atoms with Gasteiger partial charge in [-0.25, -0.2) is 0 Å². The summed E-state index contributed by atoms with van der Waals surface area (Å²) in [5, 5.41) is 0. The van der Waals surface area contributed by atoms with Gasteiger partial charge in [-0.15, -0.1) is 0 Å². The number of nitrogens with zero attached hydrogens (tertiary/aromatic N) is 1. The van der Waals surface area contributed by atoms with Gasteiger partial charge in [0.2, 0.25) is 0 Å². The molecule has 20 heavy (non-hydrogen) atoms. The van der Waals surface area contributed by atoms with E-state index in [4.69, 9.17) is 10.5 Å². The molecule has 0 saturated carbocycles. The Morgan fingerprint density at radius 1 is 1.20 bits per heavy atom. The van der Waals surface area contributed by atoms with Crippen LogP contribution in [0.2, 0.25) is 0 Å². The molecule has 1 amide bonds. The predicted octanol–water partition coefficient (Wildman–Crippen LogP) is 2.94. The Morgan fingerprint density at radius 3 is 2.50 bits per heavy atom. The average molecular weight is 270 g/mol. The Labute approximate surface area is 118 Å². The number of rotatable bonds is 4. The van der Waals surface area contributed by atoms with E-state index in [1.165, 1.54) is 7.11 Å². The van der Waals surface area contributed by atoms with E-state index in [0.717, 1.165) is 5.69 Å². The summed E-state index contributed by atoms with van der Waals surface area (Å²) in [5.74, 6) is 0.442. The molecule has 2 aromatic rings. The summed E-state index contributed by atoms with van der Waals surface area (Å²) in [6.45, 7) is 2.54. The van der Waals surface area contributed by atoms with Crippen molar-refractivity contribution in [3.8, 4) is 5.75 Å². The molecule has 4 nitrogen and oxygen atoms in total. The highest BCUT2D eigenvalue weighted by Gasteiger charge is 2.17. The minimum atomic E-state index is -0.0722. The lowest BCUT2D eigenvalue weighted by molar-refractivity contribution is 0.0988. The van der Waals surface area contributed by atoms with E-state index in [1.54, 1.807) is 23.1 Å². The van der Waals surface area contributed by atoms with Crippen LogP contribution in [0.3, 0.4) is 0 Å². The second-order valence-corrected chi connectivity index (χ2v) is 4.34. The molecule has 0 heterocycles. The first-order valence-corrected chi connectivity index (χ1v) is 6.47. The van der Waals surface area contributed by atoms with Gasteiger partial charge < -0.3 is 15.4 Å². The van der Waals surface area contributed by atoms with Crippen LogP contribution in [0.4, 0.5) is 11.4 Å². The molecule has 0 radical (unpaired) electrons. The standard InChI is InChI=1S/C16H18N2O2/c1-3-18(13-7-5-4-6-8-13)16(19)12-9-10-14(17)15(11-12)20-2/h4-11H,3,17H2,1-2H3. The SMILES string of the molecule is CCN(C(=O)c1ccc(N)c(OC)c1)c1ccccc1. The number of nitrogens with two attached hydrogens (primary N) is 1. The van der Waals surface area contributed by atoms with E-state index >= 15 is 0 Å². The van der Waals surface area contributed by atoms with Crippen molar-refractivity contribution < 1.29 is 9.53 Å². The third-order valence-corrected chi connectivity index (χ3v) is 3.11. The maximum absolute atomic E-state index is 12.6. The van der Waals surface area contributed by atoms with Crippen molar-refractivity contribution in [2.45, 2.75) is 6.92 Å². The molecule has 0 aliphatic carbocycles. The smallest absolute Gasteiger partial charge is 0.258 e. The van der Waals surface area contributed by atoms with Crippen molar-refractivity contribution in [1.82, 2.24) is 0 Å². The molecule has 0 aliphatic rings. The molecule has 0 atom stereocenters. The van der Waals surface area contributed by atoms with Crippen LogP contribution >= 0.6 is 0 Å². The van der Waals surface area contributed by atoms with Gasteiger partial charge in [-0.05, 0) is 37.3 Å². The minimum Gasteiger partial charge on any atom is -0.495 e. The maximum Gasteiger partial charge on any atom is 0.258 e. The molecule has 0 fully saturated rings. The molecule has 2 rings (SSSR count). The summed E-state index contributed by atoms with van der Waals surface area (Å²) in [6.07, 6.45) is 0. The monoisotopic (exact) mass is 270 g/mol. The van der Waals surface area contributed by atoms with Gasteiger partial charge in [0.1, 0.15) is 5.75 Å². The Balaban J connectivity index is 2.34. The van der Waals surface area contributed by atoms with Crippen LogP contribution < -0.4 is 15.4 Å². The van der Waals surface area contributed by atoms with Crippen molar-refractivity contribution in [2.75, 3.05) is 24.3 Å². The quantitative estimate of drug-likeness (QED) is 0.869. The van der Waals surface area contributed by atoms with Crippen LogP contribution in [0.5, 0.6) is 5.75 Å². The first-order valence-electron chi connectivity index (χ1n) is 6.47. The maximum atomic E-state index is 12.6. The van der Waals surface area contributed by atoms with E-state index in [0.29, 0.717) is 23.5 Å². The predicted molar refractivity (Wildman–Crippen MR) is 81.2 cm³/mol. The number of nitrogen functional groups attached to an aromatic ring is 1. The zero-order chi connectivity index (χ0) is 14.5. The van der Waals surface area contributed by atoms with Crippen LogP contribution in [-0.2, 0) is 0 Å². The summed E-state index contributed by atoms with van der Waals surface area (Å²) in [6, 6.07) is 14.6. The normalized spacial score (nSPS) is 10.1. The number of benzene rings is 2. The molecule has 2 N–H and O–H groups in total. The molecule has 2 aromatic carbocycles. The van der Waals surface area contributed by atoms with E-state index < -0.39 is 0 Å². The van der Waals surface area contributed by atoms with E-state index in [-0.39, 0.29) is 5.91 Å². The van der Waals surface area contributed by atoms with Gasteiger partial charge >= 0.3 is 0 Å². The van der Waals surface area contributed by atoms with Crippen molar-refractivity contribution in [1.29, 1.82) is 0 Å².